The van der Waals surface area contributed by atoms with Crippen molar-refractivity contribution >= 4 is 8.07 Å². The van der Waals surface area contributed by atoms with Crippen LogP contribution in [0, 0.1) is 59.2 Å². The van der Waals surface area contributed by atoms with Crippen molar-refractivity contribution in [1.82, 2.24) is 10.6 Å². The molecule has 0 bridgehead atoms. The van der Waals surface area contributed by atoms with E-state index in [-0.39, 0.29) is 0 Å². The molecule has 33 heavy (non-hydrogen) atoms. The number of nitrogens with one attached hydrogen (secondary N) is 2. The summed E-state index contributed by atoms with van der Waals surface area (Å²) < 4.78 is 0. The minimum absolute atomic E-state index is 0.836. The summed E-state index contributed by atoms with van der Waals surface area (Å²) in [4.78, 5) is 0. The Kier molecular flexibility index (Phi) is 6.14. The third-order valence-corrected chi connectivity index (χ3v) is 18.7. The molecule has 14 atom stereocenters. The Morgan fingerprint density at radius 1 is 0.545 bits per heavy atom. The van der Waals surface area contributed by atoms with E-state index in [1.54, 1.807) is 12.8 Å². The van der Waals surface area contributed by atoms with E-state index in [0.29, 0.717) is 0 Å². The Hall–Kier alpha value is 0.137. The molecule has 2 N–H and O–H groups in total. The van der Waals surface area contributed by atoms with Crippen molar-refractivity contribution in [2.45, 2.75) is 115 Å². The highest BCUT2D eigenvalue weighted by molar-refractivity contribution is 6.80. The lowest BCUT2D eigenvalue weighted by Gasteiger charge is -2.53. The van der Waals surface area contributed by atoms with Crippen LogP contribution in [0.25, 0.3) is 0 Å². The van der Waals surface area contributed by atoms with Gasteiger partial charge in [-0.2, -0.15) is 0 Å². The van der Waals surface area contributed by atoms with Crippen LogP contribution in [-0.4, -0.2) is 33.2 Å². The van der Waals surface area contributed by atoms with Gasteiger partial charge in [-0.15, -0.1) is 0 Å². The van der Waals surface area contributed by atoms with E-state index in [2.05, 4.69) is 51.4 Å². The van der Waals surface area contributed by atoms with E-state index in [1.807, 2.05) is 0 Å². The first-order chi connectivity index (χ1) is 15.8. The molecule has 2 aliphatic heterocycles. The van der Waals surface area contributed by atoms with Crippen molar-refractivity contribution in [2.75, 3.05) is 13.1 Å². The van der Waals surface area contributed by atoms with Gasteiger partial charge in [0.1, 0.15) is 0 Å². The molecule has 0 radical (unpaired) electrons. The van der Waals surface area contributed by atoms with Gasteiger partial charge in [-0.05, 0) is 135 Å². The van der Waals surface area contributed by atoms with Gasteiger partial charge >= 0.3 is 0 Å². The van der Waals surface area contributed by atoms with E-state index in [0.717, 1.165) is 82.3 Å². The van der Waals surface area contributed by atoms with Gasteiger partial charge in [-0.1, -0.05) is 40.8 Å². The summed E-state index contributed by atoms with van der Waals surface area (Å²) in [5.74, 6) is 9.89. The average molecular weight is 471 g/mol. The van der Waals surface area contributed by atoms with Crippen LogP contribution in [0.2, 0.25) is 24.2 Å². The van der Waals surface area contributed by atoms with E-state index in [9.17, 15) is 0 Å². The van der Waals surface area contributed by atoms with Crippen molar-refractivity contribution in [3.8, 4) is 0 Å². The molecule has 0 aromatic heterocycles. The summed E-state index contributed by atoms with van der Waals surface area (Å²) in [5.41, 5.74) is 2.13. The second-order valence-electron chi connectivity index (χ2n) is 14.9. The van der Waals surface area contributed by atoms with Crippen LogP contribution in [0.3, 0.4) is 0 Å². The topological polar surface area (TPSA) is 24.1 Å². The number of piperidine rings is 2. The van der Waals surface area contributed by atoms with Gasteiger partial charge < -0.3 is 10.6 Å². The Bertz CT molecular complexity index is 664. The average Bonchev–Trinajstić information content (AvgIpc) is 3.31. The normalized spacial score (nSPS) is 56.5. The molecule has 14 unspecified atom stereocenters. The lowest BCUT2D eigenvalue weighted by atomic mass is 9.64. The zero-order valence-electron chi connectivity index (χ0n) is 22.7. The molecule has 6 rings (SSSR count). The van der Waals surface area contributed by atoms with Crippen molar-refractivity contribution in [1.29, 1.82) is 0 Å². The third-order valence-electron chi connectivity index (χ3n) is 13.3. The van der Waals surface area contributed by atoms with Gasteiger partial charge in [0, 0.05) is 12.1 Å². The zero-order chi connectivity index (χ0) is 23.1. The maximum Gasteiger partial charge on any atom is 0.0546 e. The van der Waals surface area contributed by atoms with E-state index in [4.69, 9.17) is 0 Å². The van der Waals surface area contributed by atoms with Crippen molar-refractivity contribution in [3.05, 3.63) is 0 Å². The van der Waals surface area contributed by atoms with Crippen LogP contribution in [0.5, 0.6) is 0 Å². The van der Waals surface area contributed by atoms with Crippen LogP contribution in [0.15, 0.2) is 0 Å². The number of hydrogen-bond acceptors (Lipinski definition) is 2. The van der Waals surface area contributed by atoms with E-state index >= 15 is 0 Å². The van der Waals surface area contributed by atoms with Crippen molar-refractivity contribution < 1.29 is 0 Å². The van der Waals surface area contributed by atoms with E-state index < -0.39 is 8.07 Å². The highest BCUT2D eigenvalue weighted by Crippen LogP contribution is 2.67. The standard InChI is InChI=1S/C30H54N2Si/c1-17-13-23-19(3)21-9-7-11-31-27(21)15-25(23)29(17)33(5,6)30-18(2)14-24-20(4)22-10-8-12-32-28(22)16-26(24)30/h17-32H,7-16H2,1-6H3. The first kappa shape index (κ1) is 23.5. The first-order valence-electron chi connectivity index (χ1n) is 15.3. The SMILES string of the molecule is CC1CC2C(C)C3CCCNC3CC2C1[Si](C)(C)C1C(C)CC2C(C)C3CCCNC3CC21. The minimum Gasteiger partial charge on any atom is -0.314 e. The highest BCUT2D eigenvalue weighted by Gasteiger charge is 2.61. The van der Waals surface area contributed by atoms with Crippen LogP contribution < -0.4 is 10.6 Å². The Morgan fingerprint density at radius 3 is 1.39 bits per heavy atom. The summed E-state index contributed by atoms with van der Waals surface area (Å²) in [6.45, 7) is 19.1. The molecule has 0 spiro atoms. The van der Waals surface area contributed by atoms with Crippen molar-refractivity contribution in [3.63, 3.8) is 0 Å². The Balaban J connectivity index is 1.28. The fourth-order valence-electron chi connectivity index (χ4n) is 12.5. The maximum atomic E-state index is 4.02. The summed E-state index contributed by atoms with van der Waals surface area (Å²) in [5, 5.41) is 8.04. The fraction of sp³-hybridized carbons (Fsp3) is 1.00. The monoisotopic (exact) mass is 470 g/mol. The Morgan fingerprint density at radius 2 is 0.970 bits per heavy atom. The molecule has 3 heteroatoms. The largest absolute Gasteiger partial charge is 0.314 e. The van der Waals surface area contributed by atoms with E-state index in [1.165, 1.54) is 51.6 Å². The smallest absolute Gasteiger partial charge is 0.0546 e. The highest BCUT2D eigenvalue weighted by atomic mass is 28.3. The second-order valence-corrected chi connectivity index (χ2v) is 19.9. The molecule has 4 saturated carbocycles. The predicted octanol–water partition coefficient (Wildman–Crippen LogP) is 6.80. The molecule has 0 aromatic rings. The summed E-state index contributed by atoms with van der Waals surface area (Å²) >= 11 is 0. The molecule has 0 amide bonds. The minimum atomic E-state index is -1.41. The molecule has 6 fully saturated rings. The van der Waals surface area contributed by atoms with Crippen LogP contribution in [-0.2, 0) is 0 Å². The van der Waals surface area contributed by atoms with Gasteiger partial charge in [-0.25, -0.2) is 0 Å². The number of fused-ring (bicyclic) bond motifs is 4. The second kappa shape index (κ2) is 8.62. The lowest BCUT2D eigenvalue weighted by molar-refractivity contribution is 0.0591. The molecular weight excluding hydrogens is 416 g/mol. The predicted molar refractivity (Wildman–Crippen MR) is 143 cm³/mol. The molecule has 4 aliphatic carbocycles. The summed E-state index contributed by atoms with van der Waals surface area (Å²) in [6.07, 6.45) is 12.0. The third kappa shape index (κ3) is 3.59. The van der Waals surface area contributed by atoms with Gasteiger partial charge in [0.2, 0.25) is 0 Å². The quantitative estimate of drug-likeness (QED) is 0.434. The fourth-order valence-corrected chi connectivity index (χ4v) is 19.1. The van der Waals surface area contributed by atoms with Crippen LogP contribution >= 0.6 is 0 Å². The molecule has 2 heterocycles. The molecular formula is C30H54N2Si. The van der Waals surface area contributed by atoms with Gasteiger partial charge in [-0.3, -0.25) is 0 Å². The van der Waals surface area contributed by atoms with Gasteiger partial charge in [0.15, 0.2) is 0 Å². The molecule has 0 aromatic carbocycles. The Labute approximate surface area is 206 Å². The van der Waals surface area contributed by atoms with Crippen LogP contribution in [0.1, 0.15) is 79.1 Å². The van der Waals surface area contributed by atoms with Crippen LogP contribution in [0.4, 0.5) is 0 Å². The molecule has 6 aliphatic rings. The molecule has 188 valence electrons. The summed E-state index contributed by atoms with van der Waals surface area (Å²) in [6, 6.07) is 1.67. The lowest BCUT2D eigenvalue weighted by Crippen LogP contribution is -2.55. The maximum absolute atomic E-state index is 4.02. The molecule has 2 saturated heterocycles. The van der Waals surface area contributed by atoms with Crippen molar-refractivity contribution in [2.24, 2.45) is 59.2 Å². The summed E-state index contributed by atoms with van der Waals surface area (Å²) in [7, 11) is -1.41. The zero-order valence-corrected chi connectivity index (χ0v) is 23.7. The number of hydrogen-bond donors (Lipinski definition) is 2. The van der Waals surface area contributed by atoms with Gasteiger partial charge in [0.05, 0.1) is 8.07 Å². The first-order valence-corrected chi connectivity index (χ1v) is 18.4. The van der Waals surface area contributed by atoms with Gasteiger partial charge in [0.25, 0.3) is 0 Å². The number of rotatable bonds is 2. The molecule has 2 nitrogen and oxygen atoms in total.